The second-order valence-electron chi connectivity index (χ2n) is 6.86. The summed E-state index contributed by atoms with van der Waals surface area (Å²) >= 11 is 0. The maximum atomic E-state index is 12.1. The fourth-order valence-corrected chi connectivity index (χ4v) is 2.73. The highest BCUT2D eigenvalue weighted by Crippen LogP contribution is 2.22. The molecule has 0 bridgehead atoms. The Morgan fingerprint density at radius 3 is 2.50 bits per heavy atom. The van der Waals surface area contributed by atoms with Crippen molar-refractivity contribution < 1.29 is 14.3 Å². The molecule has 2 rings (SSSR count). The monoisotopic (exact) mass is 284 g/mol. The van der Waals surface area contributed by atoms with Gasteiger partial charge in [-0.05, 0) is 40.0 Å². The zero-order valence-corrected chi connectivity index (χ0v) is 13.2. The van der Waals surface area contributed by atoms with Gasteiger partial charge in [0.2, 0.25) is 0 Å². The largest absolute Gasteiger partial charge is 0.445 e. The molecule has 0 aromatic heterocycles. The Morgan fingerprint density at radius 1 is 1.25 bits per heavy atom. The van der Waals surface area contributed by atoms with Crippen molar-refractivity contribution in [3.8, 4) is 0 Å². The fourth-order valence-electron chi connectivity index (χ4n) is 2.73. The lowest BCUT2D eigenvalue weighted by molar-refractivity contribution is 0.0276. The lowest BCUT2D eigenvalue weighted by Gasteiger charge is -2.33. The van der Waals surface area contributed by atoms with Crippen molar-refractivity contribution in [1.29, 1.82) is 0 Å². The molecule has 0 aromatic rings. The Bertz CT molecular complexity index is 335. The number of amides is 1. The van der Waals surface area contributed by atoms with Crippen molar-refractivity contribution in [2.45, 2.75) is 57.7 Å². The standard InChI is InChI=1S/C15H28N2O3/c1-15(2,3)16(4)14(18)20-13-5-8-17(11-13)12-6-9-19-10-7-12/h12-13H,5-11H2,1-4H3/t13-/m0/s1. The van der Waals surface area contributed by atoms with Gasteiger partial charge in [-0.1, -0.05) is 0 Å². The first-order valence-electron chi connectivity index (χ1n) is 7.64. The quantitative estimate of drug-likeness (QED) is 0.779. The molecule has 2 heterocycles. The zero-order chi connectivity index (χ0) is 14.8. The van der Waals surface area contributed by atoms with E-state index in [1.165, 1.54) is 0 Å². The van der Waals surface area contributed by atoms with Crippen LogP contribution in [0.2, 0.25) is 0 Å². The van der Waals surface area contributed by atoms with E-state index >= 15 is 0 Å². The van der Waals surface area contributed by atoms with Crippen molar-refractivity contribution in [2.75, 3.05) is 33.4 Å². The number of nitrogens with zero attached hydrogens (tertiary/aromatic N) is 2. The molecule has 0 aliphatic carbocycles. The summed E-state index contributed by atoms with van der Waals surface area (Å²) in [7, 11) is 1.80. The summed E-state index contributed by atoms with van der Waals surface area (Å²) in [6.45, 7) is 9.65. The van der Waals surface area contributed by atoms with Crippen LogP contribution in [-0.4, -0.2) is 66.9 Å². The van der Waals surface area contributed by atoms with Gasteiger partial charge >= 0.3 is 6.09 Å². The Hall–Kier alpha value is -0.810. The van der Waals surface area contributed by atoms with Gasteiger partial charge in [0.05, 0.1) is 0 Å². The first-order valence-corrected chi connectivity index (χ1v) is 7.64. The second-order valence-corrected chi connectivity index (χ2v) is 6.86. The predicted octanol–water partition coefficient (Wildman–Crippen LogP) is 2.11. The first-order chi connectivity index (χ1) is 9.38. The van der Waals surface area contributed by atoms with Crippen LogP contribution in [0.1, 0.15) is 40.0 Å². The molecule has 1 amide bonds. The van der Waals surface area contributed by atoms with Gasteiger partial charge in [-0.2, -0.15) is 0 Å². The number of likely N-dealkylation sites (tertiary alicyclic amines) is 1. The summed E-state index contributed by atoms with van der Waals surface area (Å²) in [6.07, 6.45) is 2.97. The Balaban J connectivity index is 1.79. The lowest BCUT2D eigenvalue weighted by Crippen LogP contribution is -2.44. The SMILES string of the molecule is CN(C(=O)O[C@H]1CCN(C2CCOCC2)C1)C(C)(C)C. The highest BCUT2D eigenvalue weighted by molar-refractivity contribution is 5.68. The molecule has 2 aliphatic rings. The molecule has 116 valence electrons. The molecule has 2 saturated heterocycles. The minimum Gasteiger partial charge on any atom is -0.445 e. The fraction of sp³-hybridized carbons (Fsp3) is 0.933. The van der Waals surface area contributed by atoms with E-state index in [1.54, 1.807) is 11.9 Å². The molecule has 5 nitrogen and oxygen atoms in total. The van der Waals surface area contributed by atoms with E-state index in [1.807, 2.05) is 20.8 Å². The van der Waals surface area contributed by atoms with E-state index in [9.17, 15) is 4.79 Å². The number of hydrogen-bond donors (Lipinski definition) is 0. The maximum absolute atomic E-state index is 12.1. The summed E-state index contributed by atoms with van der Waals surface area (Å²) in [4.78, 5) is 16.2. The minimum absolute atomic E-state index is 0.0372. The van der Waals surface area contributed by atoms with Crippen LogP contribution in [-0.2, 0) is 9.47 Å². The number of rotatable bonds is 2. The molecule has 0 radical (unpaired) electrons. The lowest BCUT2D eigenvalue weighted by atomic mass is 10.1. The van der Waals surface area contributed by atoms with Crippen LogP contribution in [0.15, 0.2) is 0 Å². The van der Waals surface area contributed by atoms with Gasteiger partial charge in [-0.3, -0.25) is 4.90 Å². The summed E-state index contributed by atoms with van der Waals surface area (Å²) in [5, 5.41) is 0. The Morgan fingerprint density at radius 2 is 1.90 bits per heavy atom. The topological polar surface area (TPSA) is 42.0 Å². The molecule has 0 N–H and O–H groups in total. The van der Waals surface area contributed by atoms with E-state index in [0.717, 1.165) is 45.6 Å². The van der Waals surface area contributed by atoms with Crippen LogP contribution in [0.3, 0.4) is 0 Å². The molecule has 20 heavy (non-hydrogen) atoms. The van der Waals surface area contributed by atoms with Gasteiger partial charge in [0.25, 0.3) is 0 Å². The predicted molar refractivity (Wildman–Crippen MR) is 77.8 cm³/mol. The van der Waals surface area contributed by atoms with E-state index in [2.05, 4.69) is 4.90 Å². The van der Waals surface area contributed by atoms with Crippen LogP contribution in [0, 0.1) is 0 Å². The van der Waals surface area contributed by atoms with E-state index < -0.39 is 0 Å². The summed E-state index contributed by atoms with van der Waals surface area (Å²) < 4.78 is 11.0. The van der Waals surface area contributed by atoms with E-state index in [-0.39, 0.29) is 17.7 Å². The molecule has 0 unspecified atom stereocenters. The summed E-state index contributed by atoms with van der Waals surface area (Å²) in [5.41, 5.74) is -0.198. The molecule has 2 fully saturated rings. The van der Waals surface area contributed by atoms with Crippen LogP contribution < -0.4 is 0 Å². The maximum Gasteiger partial charge on any atom is 0.410 e. The third-order valence-electron chi connectivity index (χ3n) is 4.43. The van der Waals surface area contributed by atoms with Crippen LogP contribution in [0.5, 0.6) is 0 Å². The Kier molecular flexibility index (Phi) is 4.91. The van der Waals surface area contributed by atoms with Crippen molar-refractivity contribution in [3.05, 3.63) is 0 Å². The van der Waals surface area contributed by atoms with Gasteiger partial charge in [0.1, 0.15) is 6.10 Å². The highest BCUT2D eigenvalue weighted by Gasteiger charge is 2.33. The smallest absolute Gasteiger partial charge is 0.410 e. The Labute approximate surface area is 122 Å². The third kappa shape index (κ3) is 3.85. The molecule has 0 spiro atoms. The van der Waals surface area contributed by atoms with Gasteiger partial charge in [-0.15, -0.1) is 0 Å². The van der Waals surface area contributed by atoms with Crippen molar-refractivity contribution in [1.82, 2.24) is 9.80 Å². The number of carbonyl (C=O) groups excluding carboxylic acids is 1. The van der Waals surface area contributed by atoms with Gasteiger partial charge in [-0.25, -0.2) is 4.79 Å². The van der Waals surface area contributed by atoms with E-state index in [4.69, 9.17) is 9.47 Å². The van der Waals surface area contributed by atoms with Crippen molar-refractivity contribution in [3.63, 3.8) is 0 Å². The number of hydrogen-bond acceptors (Lipinski definition) is 4. The van der Waals surface area contributed by atoms with Crippen LogP contribution in [0.4, 0.5) is 4.79 Å². The zero-order valence-electron chi connectivity index (χ0n) is 13.2. The van der Waals surface area contributed by atoms with Gasteiger partial charge in [0.15, 0.2) is 0 Å². The summed E-state index contributed by atoms with van der Waals surface area (Å²) in [5.74, 6) is 0. The normalized spacial score (nSPS) is 25.7. The molecular weight excluding hydrogens is 256 g/mol. The molecule has 5 heteroatoms. The third-order valence-corrected chi connectivity index (χ3v) is 4.43. The minimum atomic E-state index is -0.212. The van der Waals surface area contributed by atoms with Crippen molar-refractivity contribution in [2.24, 2.45) is 0 Å². The molecule has 1 atom stereocenters. The molecule has 0 saturated carbocycles. The van der Waals surface area contributed by atoms with Gasteiger partial charge in [0, 0.05) is 44.9 Å². The van der Waals surface area contributed by atoms with E-state index in [0.29, 0.717) is 6.04 Å². The van der Waals surface area contributed by atoms with Crippen LogP contribution in [0.25, 0.3) is 0 Å². The average molecular weight is 284 g/mol. The first kappa shape index (κ1) is 15.6. The highest BCUT2D eigenvalue weighted by atomic mass is 16.6. The van der Waals surface area contributed by atoms with Gasteiger partial charge < -0.3 is 14.4 Å². The number of ether oxygens (including phenoxy) is 2. The number of carbonyl (C=O) groups is 1. The molecule has 2 aliphatic heterocycles. The summed E-state index contributed by atoms with van der Waals surface area (Å²) in [6, 6.07) is 0.604. The second kappa shape index (κ2) is 6.31. The molecular formula is C15H28N2O3. The molecule has 0 aromatic carbocycles. The van der Waals surface area contributed by atoms with Crippen molar-refractivity contribution >= 4 is 6.09 Å². The average Bonchev–Trinajstić information content (AvgIpc) is 2.86. The van der Waals surface area contributed by atoms with Crippen LogP contribution >= 0.6 is 0 Å².